The summed E-state index contributed by atoms with van der Waals surface area (Å²) < 4.78 is 42.5. The molecule has 196 valence electrons. The van der Waals surface area contributed by atoms with Crippen LogP contribution in [0.1, 0.15) is 38.2 Å². The van der Waals surface area contributed by atoms with Gasteiger partial charge < -0.3 is 10.2 Å². The molecule has 2 amide bonds. The van der Waals surface area contributed by atoms with Gasteiger partial charge in [-0.3, -0.25) is 9.59 Å². The van der Waals surface area contributed by atoms with E-state index >= 15 is 0 Å². The molecule has 0 heterocycles. The Balaban J connectivity index is 1.91. The van der Waals surface area contributed by atoms with Gasteiger partial charge in [0.25, 0.3) is 0 Å². The molecular weight excluding hydrogens is 551 g/mol. The molecule has 1 saturated carbocycles. The molecule has 36 heavy (non-hydrogen) atoms. The van der Waals surface area contributed by atoms with Gasteiger partial charge in [-0.05, 0) is 61.7 Å². The normalized spacial score (nSPS) is 15.1. The number of benzene rings is 2. The van der Waals surface area contributed by atoms with Crippen LogP contribution in [0.3, 0.4) is 0 Å². The zero-order chi connectivity index (χ0) is 26.5. The molecular formula is C25H32BrFN4O4S. The smallest absolute Gasteiger partial charge is 0.304 e. The largest absolute Gasteiger partial charge is 0.352 e. The molecule has 0 saturated heterocycles. The van der Waals surface area contributed by atoms with Crippen molar-refractivity contribution in [2.75, 3.05) is 24.9 Å². The number of carbonyl (C=O) groups excluding carboxylic acids is 2. The lowest BCUT2D eigenvalue weighted by atomic mass is 10.1. The van der Waals surface area contributed by atoms with Crippen molar-refractivity contribution in [3.8, 4) is 0 Å². The Labute approximate surface area is 220 Å². The summed E-state index contributed by atoms with van der Waals surface area (Å²) in [6, 6.07) is 11.5. The van der Waals surface area contributed by atoms with Crippen molar-refractivity contribution in [2.24, 2.45) is 0 Å². The summed E-state index contributed by atoms with van der Waals surface area (Å²) in [5.41, 5.74) is 0.931. The van der Waals surface area contributed by atoms with Gasteiger partial charge in [0, 0.05) is 31.2 Å². The Bertz CT molecular complexity index is 1150. The predicted molar refractivity (Wildman–Crippen MR) is 141 cm³/mol. The van der Waals surface area contributed by atoms with Crippen molar-refractivity contribution < 1.29 is 22.4 Å². The fraction of sp³-hybridized carbons (Fsp3) is 0.440. The van der Waals surface area contributed by atoms with Crippen LogP contribution in [-0.2, 0) is 26.3 Å². The first-order valence-corrected chi connectivity index (χ1v) is 14.0. The zero-order valence-electron chi connectivity index (χ0n) is 20.7. The predicted octanol–water partition coefficient (Wildman–Crippen LogP) is 3.68. The number of hydrogen-bond donors (Lipinski definition) is 1. The first-order valence-electron chi connectivity index (χ1n) is 11.8. The summed E-state index contributed by atoms with van der Waals surface area (Å²) in [5, 5.41) is 3.03. The average Bonchev–Trinajstić information content (AvgIpc) is 3.35. The minimum absolute atomic E-state index is 0.0782. The van der Waals surface area contributed by atoms with Crippen LogP contribution < -0.4 is 9.62 Å². The molecule has 0 bridgehead atoms. The number of carbonyl (C=O) groups is 2. The van der Waals surface area contributed by atoms with Gasteiger partial charge in [-0.1, -0.05) is 40.9 Å². The monoisotopic (exact) mass is 582 g/mol. The average molecular weight is 584 g/mol. The van der Waals surface area contributed by atoms with Gasteiger partial charge in [0.05, 0.1) is 5.69 Å². The van der Waals surface area contributed by atoms with Crippen molar-refractivity contribution in [3.05, 3.63) is 64.4 Å². The second-order valence-electron chi connectivity index (χ2n) is 9.09. The van der Waals surface area contributed by atoms with Gasteiger partial charge in [-0.25, -0.2) is 8.70 Å². The molecule has 1 atom stereocenters. The molecule has 2 aromatic carbocycles. The number of anilines is 1. The molecule has 1 N–H and O–H groups in total. The Hall–Kier alpha value is -2.50. The van der Waals surface area contributed by atoms with Gasteiger partial charge >= 0.3 is 10.2 Å². The van der Waals surface area contributed by atoms with Crippen LogP contribution in [0, 0.1) is 5.82 Å². The van der Waals surface area contributed by atoms with Gasteiger partial charge in [-0.2, -0.15) is 12.7 Å². The number of hydrogen-bond acceptors (Lipinski definition) is 4. The highest BCUT2D eigenvalue weighted by molar-refractivity contribution is 9.10. The van der Waals surface area contributed by atoms with Crippen LogP contribution in [0.4, 0.5) is 10.1 Å². The molecule has 1 aliphatic rings. The molecule has 1 unspecified atom stereocenters. The van der Waals surface area contributed by atoms with Gasteiger partial charge in [0.1, 0.15) is 18.4 Å². The van der Waals surface area contributed by atoms with E-state index in [1.807, 2.05) is 24.3 Å². The standard InChI is InChI=1S/C25H32BrFN4O4S/c1-18(25(33)28-22-6-4-5-7-22)30(16-19-8-10-20(26)11-9-19)24(32)17-31(36(34,35)29(2)3)23-14-12-21(27)13-15-23/h8-15,18,22H,4-7,16-17H2,1-3H3,(H,28,33). The summed E-state index contributed by atoms with van der Waals surface area (Å²) in [7, 11) is -1.38. The molecule has 0 radical (unpaired) electrons. The van der Waals surface area contributed by atoms with Crippen molar-refractivity contribution in [3.63, 3.8) is 0 Å². The fourth-order valence-electron chi connectivity index (χ4n) is 4.09. The highest BCUT2D eigenvalue weighted by atomic mass is 79.9. The highest BCUT2D eigenvalue weighted by Crippen LogP contribution is 2.22. The zero-order valence-corrected chi connectivity index (χ0v) is 23.1. The van der Waals surface area contributed by atoms with Crippen LogP contribution >= 0.6 is 15.9 Å². The quantitative estimate of drug-likeness (QED) is 0.462. The summed E-state index contributed by atoms with van der Waals surface area (Å²) >= 11 is 3.39. The fourth-order valence-corrected chi connectivity index (χ4v) is 5.41. The van der Waals surface area contributed by atoms with E-state index in [0.717, 1.165) is 56.5 Å². The first kappa shape index (κ1) is 28.1. The number of nitrogens with zero attached hydrogens (tertiary/aromatic N) is 3. The third-order valence-corrected chi connectivity index (χ3v) is 8.62. The van der Waals surface area contributed by atoms with Crippen molar-refractivity contribution in [1.82, 2.24) is 14.5 Å². The lowest BCUT2D eigenvalue weighted by Gasteiger charge is -2.33. The van der Waals surface area contributed by atoms with E-state index in [-0.39, 0.29) is 24.2 Å². The minimum atomic E-state index is -4.09. The number of nitrogens with one attached hydrogen (secondary N) is 1. The summed E-state index contributed by atoms with van der Waals surface area (Å²) in [5.74, 6) is -1.36. The summed E-state index contributed by atoms with van der Waals surface area (Å²) in [4.78, 5) is 28.1. The molecule has 0 spiro atoms. The van der Waals surface area contributed by atoms with Crippen LogP contribution in [0.2, 0.25) is 0 Å². The third kappa shape index (κ3) is 7.04. The van der Waals surface area contributed by atoms with Crippen LogP contribution in [0.15, 0.2) is 53.0 Å². The molecule has 11 heteroatoms. The third-order valence-electron chi connectivity index (χ3n) is 6.27. The van der Waals surface area contributed by atoms with E-state index in [0.29, 0.717) is 0 Å². The van der Waals surface area contributed by atoms with Gasteiger partial charge in [0.2, 0.25) is 11.8 Å². The highest BCUT2D eigenvalue weighted by Gasteiger charge is 2.33. The molecule has 2 aromatic rings. The lowest BCUT2D eigenvalue weighted by molar-refractivity contribution is -0.139. The molecule has 1 fully saturated rings. The SMILES string of the molecule is CC(C(=O)NC1CCCC1)N(Cc1ccc(Br)cc1)C(=O)CN(c1ccc(F)cc1)S(=O)(=O)N(C)C. The molecule has 1 aliphatic carbocycles. The van der Waals surface area contributed by atoms with E-state index in [1.165, 1.54) is 31.1 Å². The van der Waals surface area contributed by atoms with Crippen LogP contribution in [0.25, 0.3) is 0 Å². The maximum absolute atomic E-state index is 13.7. The Morgan fingerprint density at radius 2 is 1.64 bits per heavy atom. The van der Waals surface area contributed by atoms with E-state index < -0.39 is 34.5 Å². The lowest BCUT2D eigenvalue weighted by Crippen LogP contribution is -2.53. The second-order valence-corrected chi connectivity index (χ2v) is 12.1. The molecule has 0 aromatic heterocycles. The number of amides is 2. The van der Waals surface area contributed by atoms with Gasteiger partial charge in [0.15, 0.2) is 0 Å². The van der Waals surface area contributed by atoms with Gasteiger partial charge in [-0.15, -0.1) is 0 Å². The Morgan fingerprint density at radius 3 is 2.19 bits per heavy atom. The second kappa shape index (κ2) is 12.2. The summed E-state index contributed by atoms with van der Waals surface area (Å²) in [6.07, 6.45) is 3.91. The van der Waals surface area contributed by atoms with E-state index in [1.54, 1.807) is 6.92 Å². The number of rotatable bonds is 10. The van der Waals surface area contributed by atoms with E-state index in [4.69, 9.17) is 0 Å². The topological polar surface area (TPSA) is 90.0 Å². The first-order chi connectivity index (χ1) is 17.0. The van der Waals surface area contributed by atoms with E-state index in [9.17, 15) is 22.4 Å². The Kier molecular flexibility index (Phi) is 9.48. The molecule has 8 nitrogen and oxygen atoms in total. The summed E-state index contributed by atoms with van der Waals surface area (Å²) in [6.45, 7) is 1.21. The van der Waals surface area contributed by atoms with Crippen LogP contribution in [-0.4, -0.2) is 62.2 Å². The van der Waals surface area contributed by atoms with Crippen molar-refractivity contribution in [2.45, 2.75) is 51.2 Å². The maximum atomic E-state index is 13.7. The molecule has 3 rings (SSSR count). The van der Waals surface area contributed by atoms with Crippen molar-refractivity contribution >= 4 is 43.6 Å². The Morgan fingerprint density at radius 1 is 1.06 bits per heavy atom. The van der Waals surface area contributed by atoms with Crippen molar-refractivity contribution in [1.29, 1.82) is 0 Å². The number of halogens is 2. The minimum Gasteiger partial charge on any atom is -0.352 e. The maximum Gasteiger partial charge on any atom is 0.304 e. The van der Waals surface area contributed by atoms with Crippen LogP contribution in [0.5, 0.6) is 0 Å². The molecule has 0 aliphatic heterocycles. The van der Waals surface area contributed by atoms with E-state index in [2.05, 4.69) is 21.2 Å².